The molecule has 1 aromatic rings. The van der Waals surface area contributed by atoms with Gasteiger partial charge in [0.25, 0.3) is 0 Å². The summed E-state index contributed by atoms with van der Waals surface area (Å²) in [5, 5.41) is 18.0. The number of cyclic esters (lactones) is 1. The lowest BCUT2D eigenvalue weighted by Crippen LogP contribution is -2.33. The number of carbonyl (C=O) groups is 2. The van der Waals surface area contributed by atoms with E-state index in [-0.39, 0.29) is 18.7 Å². The minimum Gasteiger partial charge on any atom is -0.508 e. The number of phenols is 1. The first-order valence-electron chi connectivity index (χ1n) is 5.86. The van der Waals surface area contributed by atoms with E-state index in [1.165, 1.54) is 17.0 Å². The van der Waals surface area contributed by atoms with Crippen LogP contribution < -0.4 is 0 Å². The molecule has 2 N–H and O–H groups in total. The zero-order chi connectivity index (χ0) is 14.0. The Morgan fingerprint density at radius 2 is 2.05 bits per heavy atom. The Morgan fingerprint density at radius 3 is 2.63 bits per heavy atom. The lowest BCUT2D eigenvalue weighted by atomic mass is 10.0. The van der Waals surface area contributed by atoms with Gasteiger partial charge in [0.2, 0.25) is 0 Å². The summed E-state index contributed by atoms with van der Waals surface area (Å²) in [5.74, 6) is -0.842. The number of carbonyl (C=O) groups excluding carboxylic acids is 1. The Balaban J connectivity index is 2.04. The van der Waals surface area contributed by atoms with Crippen molar-refractivity contribution in [3.8, 4) is 5.75 Å². The molecule has 1 saturated heterocycles. The molecular weight excluding hydrogens is 250 g/mol. The lowest BCUT2D eigenvalue weighted by Gasteiger charge is -2.19. The van der Waals surface area contributed by atoms with Crippen LogP contribution >= 0.6 is 0 Å². The minimum atomic E-state index is -0.998. The third-order valence-electron chi connectivity index (χ3n) is 2.95. The second kappa shape index (κ2) is 4.79. The summed E-state index contributed by atoms with van der Waals surface area (Å²) in [4.78, 5) is 23.9. The summed E-state index contributed by atoms with van der Waals surface area (Å²) >= 11 is 0. The van der Waals surface area contributed by atoms with Gasteiger partial charge in [-0.3, -0.25) is 9.69 Å². The third-order valence-corrected chi connectivity index (χ3v) is 2.95. The third kappa shape index (κ3) is 3.15. The van der Waals surface area contributed by atoms with E-state index in [0.717, 1.165) is 5.56 Å². The van der Waals surface area contributed by atoms with Crippen molar-refractivity contribution in [2.24, 2.45) is 0 Å². The molecule has 0 spiro atoms. The highest BCUT2D eigenvalue weighted by Crippen LogP contribution is 2.27. The average Bonchev–Trinajstić information content (AvgIpc) is 2.55. The van der Waals surface area contributed by atoms with Crippen molar-refractivity contribution in [3.63, 3.8) is 0 Å². The number of nitrogens with zero attached hydrogens (tertiary/aromatic N) is 1. The summed E-state index contributed by atoms with van der Waals surface area (Å²) in [6.45, 7) is 2.17. The average molecular weight is 265 g/mol. The number of hydrogen-bond donors (Lipinski definition) is 2. The number of carboxylic acid groups (broad SMARTS) is 1. The van der Waals surface area contributed by atoms with E-state index in [1.54, 1.807) is 19.1 Å². The summed E-state index contributed by atoms with van der Waals surface area (Å²) < 4.78 is 5.12. The maximum atomic E-state index is 11.7. The highest BCUT2D eigenvalue weighted by molar-refractivity contribution is 5.74. The highest BCUT2D eigenvalue weighted by Gasteiger charge is 2.42. The SMILES string of the molecule is CC1(CC(=O)O)CN(Cc2ccc(O)cc2)C(=O)O1. The molecule has 1 aliphatic rings. The van der Waals surface area contributed by atoms with E-state index in [4.69, 9.17) is 9.84 Å². The number of aliphatic carboxylic acids is 1. The smallest absolute Gasteiger partial charge is 0.410 e. The minimum absolute atomic E-state index is 0.156. The van der Waals surface area contributed by atoms with Crippen LogP contribution in [-0.2, 0) is 16.1 Å². The predicted octanol–water partition coefficient (Wildman–Crippen LogP) is 1.58. The second-order valence-corrected chi connectivity index (χ2v) is 4.91. The number of amides is 1. The predicted molar refractivity (Wildman–Crippen MR) is 65.7 cm³/mol. The number of ether oxygens (including phenoxy) is 1. The maximum absolute atomic E-state index is 11.7. The van der Waals surface area contributed by atoms with Crippen LogP contribution in [0.5, 0.6) is 5.75 Å². The fourth-order valence-corrected chi connectivity index (χ4v) is 2.13. The van der Waals surface area contributed by atoms with Crippen LogP contribution in [0.3, 0.4) is 0 Å². The molecule has 1 aliphatic heterocycles. The van der Waals surface area contributed by atoms with Crippen molar-refractivity contribution in [1.82, 2.24) is 4.90 Å². The molecule has 0 aromatic heterocycles. The Morgan fingerprint density at radius 1 is 1.42 bits per heavy atom. The maximum Gasteiger partial charge on any atom is 0.410 e. The van der Waals surface area contributed by atoms with Gasteiger partial charge >= 0.3 is 12.1 Å². The quantitative estimate of drug-likeness (QED) is 0.863. The largest absolute Gasteiger partial charge is 0.508 e. The van der Waals surface area contributed by atoms with Crippen LogP contribution in [0.2, 0.25) is 0 Å². The lowest BCUT2D eigenvalue weighted by molar-refractivity contribution is -0.140. The van der Waals surface area contributed by atoms with Gasteiger partial charge in [-0.05, 0) is 24.6 Å². The van der Waals surface area contributed by atoms with Crippen LogP contribution in [0.15, 0.2) is 24.3 Å². The zero-order valence-electron chi connectivity index (χ0n) is 10.5. The molecule has 19 heavy (non-hydrogen) atoms. The molecule has 2 rings (SSSR count). The Bertz CT molecular complexity index is 498. The van der Waals surface area contributed by atoms with E-state index in [9.17, 15) is 14.7 Å². The number of aromatic hydroxyl groups is 1. The Kier molecular flexibility index (Phi) is 3.33. The second-order valence-electron chi connectivity index (χ2n) is 4.91. The molecule has 1 fully saturated rings. The summed E-state index contributed by atoms with van der Waals surface area (Å²) in [7, 11) is 0. The molecule has 6 heteroatoms. The van der Waals surface area contributed by atoms with Crippen molar-refractivity contribution in [2.45, 2.75) is 25.5 Å². The first-order valence-corrected chi connectivity index (χ1v) is 5.86. The molecule has 1 unspecified atom stereocenters. The van der Waals surface area contributed by atoms with Gasteiger partial charge in [0.05, 0.1) is 13.0 Å². The molecule has 1 aromatic carbocycles. The van der Waals surface area contributed by atoms with Crippen molar-refractivity contribution < 1.29 is 24.5 Å². The standard InChI is InChI=1S/C13H15NO5/c1-13(6-11(16)17)8-14(12(18)19-13)7-9-2-4-10(15)5-3-9/h2-5,15H,6-8H2,1H3,(H,16,17). The Labute approximate surface area is 110 Å². The van der Waals surface area contributed by atoms with Crippen molar-refractivity contribution in [1.29, 1.82) is 0 Å². The van der Waals surface area contributed by atoms with Gasteiger partial charge < -0.3 is 14.9 Å². The van der Waals surface area contributed by atoms with E-state index >= 15 is 0 Å². The molecule has 0 bridgehead atoms. The van der Waals surface area contributed by atoms with Crippen LogP contribution in [0.1, 0.15) is 18.9 Å². The number of phenolic OH excluding ortho intramolecular Hbond substituents is 1. The number of benzene rings is 1. The van der Waals surface area contributed by atoms with E-state index < -0.39 is 17.7 Å². The van der Waals surface area contributed by atoms with E-state index in [2.05, 4.69) is 0 Å². The van der Waals surface area contributed by atoms with Crippen molar-refractivity contribution in [3.05, 3.63) is 29.8 Å². The fraction of sp³-hybridized carbons (Fsp3) is 0.385. The van der Waals surface area contributed by atoms with Crippen molar-refractivity contribution >= 4 is 12.1 Å². The van der Waals surface area contributed by atoms with Gasteiger partial charge in [-0.1, -0.05) is 12.1 Å². The normalized spacial score (nSPS) is 22.4. The van der Waals surface area contributed by atoms with Crippen LogP contribution in [-0.4, -0.2) is 39.3 Å². The first-order chi connectivity index (χ1) is 8.88. The molecule has 1 heterocycles. The van der Waals surface area contributed by atoms with Crippen molar-refractivity contribution in [2.75, 3.05) is 6.54 Å². The first kappa shape index (κ1) is 13.2. The number of carboxylic acids is 1. The molecule has 102 valence electrons. The molecule has 1 atom stereocenters. The zero-order valence-corrected chi connectivity index (χ0v) is 10.5. The van der Waals surface area contributed by atoms with E-state index in [1.807, 2.05) is 0 Å². The van der Waals surface area contributed by atoms with Gasteiger partial charge in [0, 0.05) is 6.54 Å². The van der Waals surface area contributed by atoms with Gasteiger partial charge in [-0.2, -0.15) is 0 Å². The molecule has 6 nitrogen and oxygen atoms in total. The summed E-state index contributed by atoms with van der Waals surface area (Å²) in [6, 6.07) is 6.48. The molecule has 0 aliphatic carbocycles. The summed E-state index contributed by atoms with van der Waals surface area (Å²) in [6.07, 6.45) is -0.734. The van der Waals surface area contributed by atoms with Gasteiger partial charge in [0.1, 0.15) is 11.4 Å². The monoisotopic (exact) mass is 265 g/mol. The van der Waals surface area contributed by atoms with Gasteiger partial charge in [0.15, 0.2) is 0 Å². The molecular formula is C13H15NO5. The van der Waals surface area contributed by atoms with E-state index in [0.29, 0.717) is 6.54 Å². The van der Waals surface area contributed by atoms with Gasteiger partial charge in [-0.25, -0.2) is 4.79 Å². The number of hydrogen-bond acceptors (Lipinski definition) is 4. The summed E-state index contributed by atoms with van der Waals surface area (Å²) in [5.41, 5.74) is -0.144. The topological polar surface area (TPSA) is 87.1 Å². The van der Waals surface area contributed by atoms with Crippen LogP contribution in [0, 0.1) is 0 Å². The molecule has 0 radical (unpaired) electrons. The Hall–Kier alpha value is -2.24. The van der Waals surface area contributed by atoms with Crippen LogP contribution in [0.25, 0.3) is 0 Å². The molecule has 0 saturated carbocycles. The van der Waals surface area contributed by atoms with Crippen LogP contribution in [0.4, 0.5) is 4.79 Å². The van der Waals surface area contributed by atoms with Gasteiger partial charge in [-0.15, -0.1) is 0 Å². The molecule has 1 amide bonds. The highest BCUT2D eigenvalue weighted by atomic mass is 16.6. The number of rotatable bonds is 4. The fourth-order valence-electron chi connectivity index (χ4n) is 2.13.